The normalized spacial score (nSPS) is 24.2. The average Bonchev–Trinajstić information content (AvgIpc) is 3.29. The number of hydrogen-bond donors (Lipinski definition) is 2. The first-order chi connectivity index (χ1) is 13.5. The Labute approximate surface area is 171 Å². The first kappa shape index (κ1) is 19.2. The second kappa shape index (κ2) is 8.11. The summed E-state index contributed by atoms with van der Waals surface area (Å²) in [6, 6.07) is 8.90. The molecule has 150 valence electrons. The molecule has 0 saturated heterocycles. The Hall–Kier alpha value is -2.08. The van der Waals surface area contributed by atoms with Gasteiger partial charge in [0.05, 0.1) is 6.54 Å². The van der Waals surface area contributed by atoms with Crippen molar-refractivity contribution in [2.24, 2.45) is 4.99 Å². The Bertz CT molecular complexity index is 858. The zero-order chi connectivity index (χ0) is 19.7. The molecule has 2 aliphatic rings. The smallest absolute Gasteiger partial charge is 0.191 e. The highest BCUT2D eigenvalue weighted by Gasteiger charge is 2.39. The summed E-state index contributed by atoms with van der Waals surface area (Å²) < 4.78 is 2.06. The van der Waals surface area contributed by atoms with E-state index in [1.807, 2.05) is 12.1 Å². The molecule has 1 aliphatic heterocycles. The summed E-state index contributed by atoms with van der Waals surface area (Å²) in [5, 5.41) is 12.7. The zero-order valence-electron chi connectivity index (χ0n) is 16.8. The number of halogens is 1. The number of aromatic nitrogens is 3. The summed E-state index contributed by atoms with van der Waals surface area (Å²) in [6.45, 7) is 7.93. The maximum Gasteiger partial charge on any atom is 0.191 e. The van der Waals surface area contributed by atoms with Crippen LogP contribution < -0.4 is 10.6 Å². The SMILES string of the molecule is CCN=C(NC1CCc2nc(C(C)C)nn2C1)NC1CC1c1cccc(Cl)c1. The Balaban J connectivity index is 1.36. The molecule has 3 unspecified atom stereocenters. The molecule has 1 aliphatic carbocycles. The predicted molar refractivity (Wildman–Crippen MR) is 113 cm³/mol. The Morgan fingerprint density at radius 2 is 2.21 bits per heavy atom. The highest BCUT2D eigenvalue weighted by molar-refractivity contribution is 6.30. The van der Waals surface area contributed by atoms with E-state index in [4.69, 9.17) is 11.6 Å². The van der Waals surface area contributed by atoms with E-state index in [-0.39, 0.29) is 0 Å². The van der Waals surface area contributed by atoms with Crippen molar-refractivity contribution in [3.8, 4) is 0 Å². The minimum atomic E-state index is 0.315. The van der Waals surface area contributed by atoms with Gasteiger partial charge in [0.25, 0.3) is 0 Å². The van der Waals surface area contributed by atoms with Crippen molar-refractivity contribution in [3.63, 3.8) is 0 Å². The van der Waals surface area contributed by atoms with Crippen LogP contribution in [0.25, 0.3) is 0 Å². The lowest BCUT2D eigenvalue weighted by atomic mass is 10.1. The fourth-order valence-corrected chi connectivity index (χ4v) is 4.01. The van der Waals surface area contributed by atoms with Gasteiger partial charge in [0.2, 0.25) is 0 Å². The minimum Gasteiger partial charge on any atom is -0.353 e. The maximum absolute atomic E-state index is 6.14. The zero-order valence-corrected chi connectivity index (χ0v) is 17.6. The number of hydrogen-bond acceptors (Lipinski definition) is 3. The van der Waals surface area contributed by atoms with Crippen LogP contribution in [0.1, 0.15) is 62.7 Å². The molecule has 0 bridgehead atoms. The highest BCUT2D eigenvalue weighted by atomic mass is 35.5. The molecule has 1 saturated carbocycles. The van der Waals surface area contributed by atoms with E-state index >= 15 is 0 Å². The van der Waals surface area contributed by atoms with Crippen LogP contribution in [0.3, 0.4) is 0 Å². The average molecular weight is 401 g/mol. The van der Waals surface area contributed by atoms with Crippen molar-refractivity contribution in [1.29, 1.82) is 0 Å². The lowest BCUT2D eigenvalue weighted by Gasteiger charge is -2.25. The number of aryl methyl sites for hydroxylation is 1. The summed E-state index contributed by atoms with van der Waals surface area (Å²) in [7, 11) is 0. The van der Waals surface area contributed by atoms with Crippen LogP contribution in [0, 0.1) is 0 Å². The number of aliphatic imine (C=N–C) groups is 1. The van der Waals surface area contributed by atoms with E-state index in [1.165, 1.54) is 5.56 Å². The molecule has 1 aromatic heterocycles. The van der Waals surface area contributed by atoms with Gasteiger partial charge in [0.15, 0.2) is 11.8 Å². The Kier molecular flexibility index (Phi) is 5.58. The van der Waals surface area contributed by atoms with Crippen molar-refractivity contribution in [2.45, 2.75) is 70.5 Å². The number of nitrogens with one attached hydrogen (secondary N) is 2. The van der Waals surface area contributed by atoms with Gasteiger partial charge in [-0.25, -0.2) is 9.67 Å². The van der Waals surface area contributed by atoms with E-state index in [0.717, 1.165) is 55.0 Å². The summed E-state index contributed by atoms with van der Waals surface area (Å²) in [5.41, 5.74) is 1.30. The molecule has 28 heavy (non-hydrogen) atoms. The summed E-state index contributed by atoms with van der Waals surface area (Å²) in [6.07, 6.45) is 3.11. The number of benzene rings is 1. The van der Waals surface area contributed by atoms with Crippen LogP contribution in [0.4, 0.5) is 0 Å². The standard InChI is InChI=1S/C21H29ClN6/c1-4-23-21(25-18-11-17(18)14-6-5-7-15(22)10-14)24-16-8-9-19-26-20(13(2)3)27-28(19)12-16/h5-7,10,13,16-18H,4,8-9,11-12H2,1-3H3,(H2,23,24,25). The molecule has 2 N–H and O–H groups in total. The molecule has 0 amide bonds. The molecule has 3 atom stereocenters. The molecule has 7 heteroatoms. The van der Waals surface area contributed by atoms with Gasteiger partial charge in [0.1, 0.15) is 5.82 Å². The fraction of sp³-hybridized carbons (Fsp3) is 0.571. The molecule has 0 spiro atoms. The fourth-order valence-electron chi connectivity index (χ4n) is 3.81. The molecule has 4 rings (SSSR count). The third-order valence-corrected chi connectivity index (χ3v) is 5.67. The van der Waals surface area contributed by atoms with Crippen molar-refractivity contribution in [3.05, 3.63) is 46.5 Å². The molecule has 6 nitrogen and oxygen atoms in total. The topological polar surface area (TPSA) is 67.1 Å². The quantitative estimate of drug-likeness (QED) is 0.595. The van der Waals surface area contributed by atoms with E-state index in [0.29, 0.717) is 23.9 Å². The van der Waals surface area contributed by atoms with Gasteiger partial charge in [-0.05, 0) is 37.5 Å². The molecular weight excluding hydrogens is 372 g/mol. The Morgan fingerprint density at radius 3 is 2.96 bits per heavy atom. The number of rotatable bonds is 5. The molecule has 2 aromatic rings. The number of fused-ring (bicyclic) bond motifs is 1. The van der Waals surface area contributed by atoms with Crippen molar-refractivity contribution in [1.82, 2.24) is 25.4 Å². The first-order valence-electron chi connectivity index (χ1n) is 10.3. The van der Waals surface area contributed by atoms with Gasteiger partial charge in [-0.1, -0.05) is 37.6 Å². The van der Waals surface area contributed by atoms with Gasteiger partial charge in [-0.2, -0.15) is 5.10 Å². The maximum atomic E-state index is 6.14. The van der Waals surface area contributed by atoms with Gasteiger partial charge < -0.3 is 10.6 Å². The van der Waals surface area contributed by atoms with E-state index in [2.05, 4.69) is 63.3 Å². The lowest BCUT2D eigenvalue weighted by Crippen LogP contribution is -2.48. The largest absolute Gasteiger partial charge is 0.353 e. The van der Waals surface area contributed by atoms with Crippen LogP contribution in [0.5, 0.6) is 0 Å². The van der Waals surface area contributed by atoms with E-state index in [9.17, 15) is 0 Å². The molecule has 1 aromatic carbocycles. The highest BCUT2D eigenvalue weighted by Crippen LogP contribution is 2.41. The van der Waals surface area contributed by atoms with Crippen molar-refractivity contribution < 1.29 is 0 Å². The number of nitrogens with zero attached hydrogens (tertiary/aromatic N) is 4. The summed E-state index contributed by atoms with van der Waals surface area (Å²) >= 11 is 6.14. The molecule has 2 heterocycles. The van der Waals surface area contributed by atoms with Crippen LogP contribution in [0.2, 0.25) is 5.02 Å². The predicted octanol–water partition coefficient (Wildman–Crippen LogP) is 3.48. The van der Waals surface area contributed by atoms with Crippen molar-refractivity contribution >= 4 is 17.6 Å². The molecule has 1 fully saturated rings. The second-order valence-corrected chi connectivity index (χ2v) is 8.51. The first-order valence-corrected chi connectivity index (χ1v) is 10.7. The van der Waals surface area contributed by atoms with Crippen LogP contribution in [-0.4, -0.2) is 39.4 Å². The van der Waals surface area contributed by atoms with Crippen molar-refractivity contribution in [2.75, 3.05) is 6.54 Å². The van der Waals surface area contributed by atoms with E-state index in [1.54, 1.807) is 0 Å². The third-order valence-electron chi connectivity index (χ3n) is 5.44. The number of guanidine groups is 1. The monoisotopic (exact) mass is 400 g/mol. The van der Waals surface area contributed by atoms with Crippen LogP contribution >= 0.6 is 11.6 Å². The van der Waals surface area contributed by atoms with Gasteiger partial charge in [-0.15, -0.1) is 0 Å². The van der Waals surface area contributed by atoms with Gasteiger partial charge in [-0.3, -0.25) is 4.99 Å². The lowest BCUT2D eigenvalue weighted by molar-refractivity contribution is 0.391. The van der Waals surface area contributed by atoms with Gasteiger partial charge in [0, 0.05) is 41.9 Å². The van der Waals surface area contributed by atoms with E-state index < -0.39 is 0 Å². The third kappa shape index (κ3) is 4.32. The van der Waals surface area contributed by atoms with Crippen LogP contribution in [0.15, 0.2) is 29.3 Å². The van der Waals surface area contributed by atoms with Gasteiger partial charge >= 0.3 is 0 Å². The summed E-state index contributed by atoms with van der Waals surface area (Å²) in [5.74, 6) is 3.81. The minimum absolute atomic E-state index is 0.315. The molecular formula is C21H29ClN6. The Morgan fingerprint density at radius 1 is 1.36 bits per heavy atom. The second-order valence-electron chi connectivity index (χ2n) is 8.07. The molecule has 0 radical (unpaired) electrons. The van der Waals surface area contributed by atoms with Crippen LogP contribution in [-0.2, 0) is 13.0 Å². The summed E-state index contributed by atoms with van der Waals surface area (Å²) in [4.78, 5) is 9.33.